The SMILES string of the molecule is C=CCCCCCCCCCOC(=S)[S-].[Na+]. The van der Waals surface area contributed by atoms with Crippen molar-refractivity contribution in [1.29, 1.82) is 0 Å². The quantitative estimate of drug-likeness (QED) is 0.193. The van der Waals surface area contributed by atoms with Gasteiger partial charge in [-0.25, -0.2) is 0 Å². The smallest absolute Gasteiger partial charge is 0.514 e. The van der Waals surface area contributed by atoms with Crippen LogP contribution in [-0.2, 0) is 17.4 Å². The maximum absolute atomic E-state index is 5.04. The fourth-order valence-corrected chi connectivity index (χ4v) is 1.60. The van der Waals surface area contributed by atoms with Crippen LogP contribution < -0.4 is 29.6 Å². The van der Waals surface area contributed by atoms with Gasteiger partial charge in [-0.05, 0) is 19.3 Å². The molecule has 0 aromatic carbocycles. The fraction of sp³-hybridized carbons (Fsp3) is 0.750. The summed E-state index contributed by atoms with van der Waals surface area (Å²) in [6.45, 7) is 4.40. The predicted octanol–water partition coefficient (Wildman–Crippen LogP) is 1.15. The van der Waals surface area contributed by atoms with E-state index in [0.717, 1.165) is 12.8 Å². The average Bonchev–Trinajstić information content (AvgIpc) is 2.20. The van der Waals surface area contributed by atoms with Gasteiger partial charge in [0.2, 0.25) is 0 Å². The molecule has 0 spiro atoms. The van der Waals surface area contributed by atoms with Gasteiger partial charge in [0.15, 0.2) is 0 Å². The minimum Gasteiger partial charge on any atom is -0.514 e. The molecule has 0 rings (SSSR count). The fourth-order valence-electron chi connectivity index (χ4n) is 1.43. The molecule has 0 fully saturated rings. The van der Waals surface area contributed by atoms with Crippen molar-refractivity contribution in [1.82, 2.24) is 0 Å². The van der Waals surface area contributed by atoms with Crippen LogP contribution in [0.3, 0.4) is 0 Å². The molecule has 0 aromatic rings. The second-order valence-electron chi connectivity index (χ2n) is 3.65. The van der Waals surface area contributed by atoms with Gasteiger partial charge in [0.25, 0.3) is 0 Å². The topological polar surface area (TPSA) is 9.23 Å². The van der Waals surface area contributed by atoms with Crippen LogP contribution >= 0.6 is 12.2 Å². The molecule has 0 unspecified atom stereocenters. The van der Waals surface area contributed by atoms with Crippen molar-refractivity contribution >= 4 is 29.2 Å². The standard InChI is InChI=1S/C12H22OS2.Na/c1-2-3-4-5-6-7-8-9-10-11-13-12(14)15;/h2H,1,3-11H2,(H,14,15);/q;+1/p-1. The molecule has 0 atom stereocenters. The van der Waals surface area contributed by atoms with E-state index in [1.807, 2.05) is 6.08 Å². The summed E-state index contributed by atoms with van der Waals surface area (Å²) in [5, 5.41) is 0. The Morgan fingerprint density at radius 3 is 2.06 bits per heavy atom. The van der Waals surface area contributed by atoms with Gasteiger partial charge in [0.1, 0.15) is 0 Å². The van der Waals surface area contributed by atoms with E-state index in [4.69, 9.17) is 4.74 Å². The Hall–Kier alpha value is 0.850. The molecule has 88 valence electrons. The van der Waals surface area contributed by atoms with E-state index in [1.54, 1.807) is 0 Å². The molecule has 0 amide bonds. The summed E-state index contributed by atoms with van der Waals surface area (Å²) >= 11 is 9.28. The Kier molecular flexibility index (Phi) is 19.0. The summed E-state index contributed by atoms with van der Waals surface area (Å²) in [5.41, 5.74) is 0. The van der Waals surface area contributed by atoms with Crippen molar-refractivity contribution < 1.29 is 34.3 Å². The first-order valence-corrected chi connectivity index (χ1v) is 6.53. The van der Waals surface area contributed by atoms with Gasteiger partial charge >= 0.3 is 29.6 Å². The van der Waals surface area contributed by atoms with Crippen molar-refractivity contribution in [2.45, 2.75) is 51.4 Å². The van der Waals surface area contributed by atoms with Crippen LogP contribution in [0, 0.1) is 0 Å². The number of hydrogen-bond donors (Lipinski definition) is 0. The van der Waals surface area contributed by atoms with Gasteiger partial charge < -0.3 is 29.6 Å². The van der Waals surface area contributed by atoms with Crippen LogP contribution in [0.25, 0.3) is 0 Å². The second kappa shape index (κ2) is 15.9. The molecule has 0 bridgehead atoms. The summed E-state index contributed by atoms with van der Waals surface area (Å²) in [7, 11) is 0. The third kappa shape index (κ3) is 17.3. The van der Waals surface area contributed by atoms with Crippen LogP contribution in [0.5, 0.6) is 0 Å². The van der Waals surface area contributed by atoms with E-state index in [2.05, 4.69) is 31.4 Å². The molecular formula is C12H21NaOS2. The van der Waals surface area contributed by atoms with E-state index < -0.39 is 0 Å². The molecular weight excluding hydrogens is 247 g/mol. The Bertz CT molecular complexity index is 174. The van der Waals surface area contributed by atoms with Crippen LogP contribution in [0.4, 0.5) is 0 Å². The van der Waals surface area contributed by atoms with Crippen LogP contribution in [-0.4, -0.2) is 11.0 Å². The molecule has 0 saturated carbocycles. The molecule has 1 nitrogen and oxygen atoms in total. The zero-order valence-electron chi connectivity index (χ0n) is 10.4. The first-order chi connectivity index (χ1) is 7.27. The number of allylic oxidation sites excluding steroid dienone is 1. The monoisotopic (exact) mass is 268 g/mol. The van der Waals surface area contributed by atoms with E-state index in [0.29, 0.717) is 6.61 Å². The number of unbranched alkanes of at least 4 members (excludes halogenated alkanes) is 7. The maximum atomic E-state index is 5.04. The maximum Gasteiger partial charge on any atom is 1.00 e. The van der Waals surface area contributed by atoms with E-state index in [-0.39, 0.29) is 33.9 Å². The van der Waals surface area contributed by atoms with Gasteiger partial charge in [0.05, 0.1) is 6.61 Å². The summed E-state index contributed by atoms with van der Waals surface area (Å²) in [6.07, 6.45) is 12.0. The summed E-state index contributed by atoms with van der Waals surface area (Å²) in [5.74, 6) is 0. The Morgan fingerprint density at radius 2 is 1.56 bits per heavy atom. The largest absolute Gasteiger partial charge is 1.00 e. The minimum absolute atomic E-state index is 0. The Balaban J connectivity index is 0. The van der Waals surface area contributed by atoms with Gasteiger partial charge in [-0.15, -0.1) is 6.58 Å². The molecule has 0 aliphatic carbocycles. The van der Waals surface area contributed by atoms with Gasteiger partial charge in [-0.1, -0.05) is 38.2 Å². The number of rotatable bonds is 10. The van der Waals surface area contributed by atoms with Crippen LogP contribution in [0.2, 0.25) is 0 Å². The molecule has 0 saturated heterocycles. The normalized spacial score (nSPS) is 9.25. The van der Waals surface area contributed by atoms with Gasteiger partial charge in [-0.3, -0.25) is 0 Å². The molecule has 16 heavy (non-hydrogen) atoms. The molecule has 0 aromatic heterocycles. The Labute approximate surface area is 133 Å². The molecule has 0 aliphatic heterocycles. The summed E-state index contributed by atoms with van der Waals surface area (Å²) in [6, 6.07) is 0. The van der Waals surface area contributed by atoms with Gasteiger partial charge in [0, 0.05) is 4.38 Å². The summed E-state index contributed by atoms with van der Waals surface area (Å²) < 4.78 is 5.29. The number of thiocarbonyl (C=S) groups is 1. The number of ether oxygens (including phenoxy) is 1. The first-order valence-electron chi connectivity index (χ1n) is 5.72. The summed E-state index contributed by atoms with van der Waals surface area (Å²) in [4.78, 5) is 0. The van der Waals surface area contributed by atoms with E-state index in [1.165, 1.54) is 38.5 Å². The predicted molar refractivity (Wildman–Crippen MR) is 73.0 cm³/mol. The van der Waals surface area contributed by atoms with Crippen molar-refractivity contribution in [3.05, 3.63) is 12.7 Å². The second-order valence-corrected chi connectivity index (χ2v) is 4.65. The molecule has 0 radical (unpaired) electrons. The zero-order valence-corrected chi connectivity index (χ0v) is 14.0. The molecule has 0 heterocycles. The van der Waals surface area contributed by atoms with E-state index in [9.17, 15) is 0 Å². The van der Waals surface area contributed by atoms with Crippen molar-refractivity contribution in [2.24, 2.45) is 0 Å². The molecule has 0 aliphatic rings. The van der Waals surface area contributed by atoms with Gasteiger partial charge in [-0.2, -0.15) is 0 Å². The first kappa shape index (κ1) is 19.2. The third-order valence-electron chi connectivity index (χ3n) is 2.27. The van der Waals surface area contributed by atoms with Crippen molar-refractivity contribution in [3.63, 3.8) is 0 Å². The average molecular weight is 268 g/mol. The van der Waals surface area contributed by atoms with Crippen LogP contribution in [0.1, 0.15) is 51.4 Å². The third-order valence-corrected chi connectivity index (χ3v) is 2.51. The van der Waals surface area contributed by atoms with Crippen molar-refractivity contribution in [3.8, 4) is 0 Å². The molecule has 0 N–H and O–H groups in total. The Morgan fingerprint density at radius 1 is 1.06 bits per heavy atom. The van der Waals surface area contributed by atoms with Crippen LogP contribution in [0.15, 0.2) is 12.7 Å². The number of hydrogen-bond acceptors (Lipinski definition) is 3. The minimum atomic E-state index is 0. The molecule has 4 heteroatoms. The van der Waals surface area contributed by atoms with E-state index >= 15 is 0 Å². The van der Waals surface area contributed by atoms with Crippen molar-refractivity contribution in [2.75, 3.05) is 6.61 Å². The zero-order chi connectivity index (χ0) is 11.4.